The molecule has 1 amide bonds. The highest BCUT2D eigenvalue weighted by Gasteiger charge is 2.27. The zero-order valence-electron chi connectivity index (χ0n) is 15.9. The van der Waals surface area contributed by atoms with Gasteiger partial charge in [0, 0.05) is 19.3 Å². The maximum absolute atomic E-state index is 12.8. The van der Waals surface area contributed by atoms with Crippen LogP contribution in [-0.2, 0) is 14.6 Å². The van der Waals surface area contributed by atoms with Gasteiger partial charge in [-0.2, -0.15) is 0 Å². The number of hydrogen-bond acceptors (Lipinski definition) is 5. The van der Waals surface area contributed by atoms with E-state index in [0.29, 0.717) is 16.8 Å². The molecule has 0 saturated carbocycles. The van der Waals surface area contributed by atoms with Crippen LogP contribution in [0.3, 0.4) is 0 Å². The monoisotopic (exact) mass is 398 g/mol. The van der Waals surface area contributed by atoms with Gasteiger partial charge >= 0.3 is 0 Å². The number of nitrogens with zero attached hydrogens (tertiary/aromatic N) is 2. The first-order valence-corrected chi connectivity index (χ1v) is 10.3. The van der Waals surface area contributed by atoms with Crippen molar-refractivity contribution in [2.75, 3.05) is 12.8 Å². The molecule has 0 spiro atoms. The minimum atomic E-state index is -3.65. The van der Waals surface area contributed by atoms with Crippen LogP contribution in [0.4, 0.5) is 5.82 Å². The fourth-order valence-electron chi connectivity index (χ4n) is 2.86. The molecule has 0 atom stereocenters. The number of rotatable bonds is 5. The van der Waals surface area contributed by atoms with E-state index in [1.807, 2.05) is 30.3 Å². The lowest BCUT2D eigenvalue weighted by molar-refractivity contribution is -0.116. The summed E-state index contributed by atoms with van der Waals surface area (Å²) in [6.45, 7) is 3.19. The molecular weight excluding hydrogens is 376 g/mol. The second kappa shape index (κ2) is 7.47. The fraction of sp³-hybridized carbons (Fsp3) is 0.200. The number of benzene rings is 1. The lowest BCUT2D eigenvalue weighted by Crippen LogP contribution is -2.17. The number of aromatic nitrogens is 2. The van der Waals surface area contributed by atoms with E-state index in [1.165, 1.54) is 10.5 Å². The second-order valence-electron chi connectivity index (χ2n) is 6.58. The quantitative estimate of drug-likeness (QED) is 0.641. The van der Waals surface area contributed by atoms with Gasteiger partial charge in [-0.3, -0.25) is 9.20 Å². The maximum atomic E-state index is 12.8. The Kier molecular flexibility index (Phi) is 5.24. The van der Waals surface area contributed by atoms with Crippen LogP contribution in [0.1, 0.15) is 25.0 Å². The molecule has 0 radical (unpaired) electrons. The van der Waals surface area contributed by atoms with Crippen molar-refractivity contribution in [1.29, 1.82) is 0 Å². The van der Waals surface area contributed by atoms with E-state index in [-0.39, 0.29) is 16.8 Å². The Morgan fingerprint density at radius 1 is 1.14 bits per heavy atom. The molecule has 0 fully saturated rings. The Morgan fingerprint density at radius 2 is 1.82 bits per heavy atom. The van der Waals surface area contributed by atoms with Gasteiger partial charge in [0.2, 0.25) is 5.91 Å². The zero-order chi connectivity index (χ0) is 20.5. The van der Waals surface area contributed by atoms with Crippen LogP contribution in [0.5, 0.6) is 0 Å². The third-order valence-corrected chi connectivity index (χ3v) is 6.59. The standard InChI is InChI=1S/C20H22N4O3S/c1-13(2)28(26,27)20-19(21)23-17-10-9-15(12-24(17)20)16(11-18(25)22-3)14-7-5-4-6-8-14/h4-13H,21H2,1-3H3,(H,22,25)/b16-11+. The minimum Gasteiger partial charge on any atom is -0.381 e. The number of nitrogens with one attached hydrogen (secondary N) is 1. The molecule has 28 heavy (non-hydrogen) atoms. The predicted octanol–water partition coefficient (Wildman–Crippen LogP) is 2.28. The second-order valence-corrected chi connectivity index (χ2v) is 9.00. The minimum absolute atomic E-state index is 0.0355. The number of anilines is 1. The Bertz CT molecular complexity index is 1160. The molecule has 0 aliphatic rings. The lowest BCUT2D eigenvalue weighted by atomic mass is 9.99. The van der Waals surface area contributed by atoms with Gasteiger partial charge in [-0.1, -0.05) is 30.3 Å². The number of fused-ring (bicyclic) bond motifs is 1. The van der Waals surface area contributed by atoms with Crippen LogP contribution in [-0.4, -0.2) is 36.0 Å². The van der Waals surface area contributed by atoms with E-state index in [4.69, 9.17) is 5.73 Å². The number of carbonyl (C=O) groups is 1. The Hall–Kier alpha value is -3.13. The van der Waals surface area contributed by atoms with Crippen molar-refractivity contribution < 1.29 is 13.2 Å². The van der Waals surface area contributed by atoms with Crippen molar-refractivity contribution in [3.05, 3.63) is 65.9 Å². The van der Waals surface area contributed by atoms with E-state index in [1.54, 1.807) is 39.2 Å². The number of imidazole rings is 1. The summed E-state index contributed by atoms with van der Waals surface area (Å²) in [7, 11) is -2.10. The average Bonchev–Trinajstić information content (AvgIpc) is 3.01. The lowest BCUT2D eigenvalue weighted by Gasteiger charge is -2.12. The van der Waals surface area contributed by atoms with Crippen LogP contribution in [0, 0.1) is 0 Å². The van der Waals surface area contributed by atoms with Gasteiger partial charge < -0.3 is 11.1 Å². The number of hydrogen-bond donors (Lipinski definition) is 2. The van der Waals surface area contributed by atoms with Crippen LogP contribution >= 0.6 is 0 Å². The predicted molar refractivity (Wildman–Crippen MR) is 110 cm³/mol. The molecule has 3 rings (SSSR count). The molecule has 7 nitrogen and oxygen atoms in total. The summed E-state index contributed by atoms with van der Waals surface area (Å²) < 4.78 is 27.0. The summed E-state index contributed by atoms with van der Waals surface area (Å²) >= 11 is 0. The summed E-state index contributed by atoms with van der Waals surface area (Å²) in [5, 5.41) is 1.90. The number of pyridine rings is 1. The number of carbonyl (C=O) groups excluding carboxylic acids is 1. The maximum Gasteiger partial charge on any atom is 0.244 e. The van der Waals surface area contributed by atoms with Crippen LogP contribution in [0.25, 0.3) is 11.2 Å². The molecule has 2 aromatic heterocycles. The van der Waals surface area contributed by atoms with Gasteiger partial charge in [-0.05, 0) is 42.7 Å². The van der Waals surface area contributed by atoms with Gasteiger partial charge in [-0.15, -0.1) is 0 Å². The SMILES string of the molecule is CNC(=O)/C=C(\c1ccccc1)c1ccc2nc(N)c(S(=O)(=O)C(C)C)n2c1. The number of sulfone groups is 1. The van der Waals surface area contributed by atoms with Crippen molar-refractivity contribution in [1.82, 2.24) is 14.7 Å². The molecule has 3 N–H and O–H groups in total. The summed E-state index contributed by atoms with van der Waals surface area (Å²) in [6.07, 6.45) is 3.13. The third kappa shape index (κ3) is 3.50. The van der Waals surface area contributed by atoms with Crippen molar-refractivity contribution in [2.45, 2.75) is 24.1 Å². The Morgan fingerprint density at radius 3 is 2.43 bits per heavy atom. The molecular formula is C20H22N4O3S. The highest BCUT2D eigenvalue weighted by Crippen LogP contribution is 2.28. The van der Waals surface area contributed by atoms with Gasteiger partial charge in [0.25, 0.3) is 0 Å². The molecule has 146 valence electrons. The average molecular weight is 398 g/mol. The molecule has 1 aromatic carbocycles. The van der Waals surface area contributed by atoms with Crippen LogP contribution in [0.2, 0.25) is 0 Å². The largest absolute Gasteiger partial charge is 0.381 e. The zero-order valence-corrected chi connectivity index (χ0v) is 16.7. The smallest absolute Gasteiger partial charge is 0.244 e. The van der Waals surface area contributed by atoms with Crippen LogP contribution in [0.15, 0.2) is 59.8 Å². The number of likely N-dealkylation sites (N-methyl/N-ethyl adjacent to an activating group) is 1. The fourth-order valence-corrected chi connectivity index (χ4v) is 4.07. The van der Waals surface area contributed by atoms with E-state index < -0.39 is 15.1 Å². The summed E-state index contributed by atoms with van der Waals surface area (Å²) in [5.41, 5.74) is 8.50. The summed E-state index contributed by atoms with van der Waals surface area (Å²) in [5.74, 6) is -0.304. The van der Waals surface area contributed by atoms with Gasteiger partial charge in [0.05, 0.1) is 5.25 Å². The molecule has 8 heteroatoms. The topological polar surface area (TPSA) is 107 Å². The van der Waals surface area contributed by atoms with E-state index >= 15 is 0 Å². The first-order chi connectivity index (χ1) is 13.3. The number of nitrogens with two attached hydrogens (primary N) is 1. The molecule has 0 aliphatic heterocycles. The molecule has 0 bridgehead atoms. The highest BCUT2D eigenvalue weighted by atomic mass is 32.2. The third-order valence-electron chi connectivity index (χ3n) is 4.41. The van der Waals surface area contributed by atoms with Gasteiger partial charge in [0.15, 0.2) is 20.7 Å². The molecule has 3 aromatic rings. The first-order valence-electron chi connectivity index (χ1n) is 8.76. The van der Waals surface area contributed by atoms with E-state index in [0.717, 1.165) is 5.56 Å². The number of amides is 1. The summed E-state index contributed by atoms with van der Waals surface area (Å²) in [6, 6.07) is 12.9. The van der Waals surface area contributed by atoms with Gasteiger partial charge in [0.1, 0.15) is 5.65 Å². The van der Waals surface area contributed by atoms with Gasteiger partial charge in [-0.25, -0.2) is 13.4 Å². The van der Waals surface area contributed by atoms with Crippen molar-refractivity contribution in [3.8, 4) is 0 Å². The number of nitrogen functional groups attached to an aromatic ring is 1. The Labute approximate surface area is 163 Å². The Balaban J connectivity index is 2.28. The first kappa shape index (κ1) is 19.6. The van der Waals surface area contributed by atoms with Crippen molar-refractivity contribution in [2.24, 2.45) is 0 Å². The normalized spacial score (nSPS) is 12.5. The van der Waals surface area contributed by atoms with E-state index in [9.17, 15) is 13.2 Å². The van der Waals surface area contributed by atoms with Crippen molar-refractivity contribution in [3.63, 3.8) is 0 Å². The molecule has 2 heterocycles. The van der Waals surface area contributed by atoms with Crippen molar-refractivity contribution >= 4 is 32.8 Å². The van der Waals surface area contributed by atoms with E-state index in [2.05, 4.69) is 10.3 Å². The molecule has 0 saturated heterocycles. The van der Waals surface area contributed by atoms with Crippen LogP contribution < -0.4 is 11.1 Å². The molecule has 0 unspecified atom stereocenters. The summed E-state index contributed by atoms with van der Waals surface area (Å²) in [4.78, 5) is 16.2. The molecule has 0 aliphatic carbocycles. The highest BCUT2D eigenvalue weighted by molar-refractivity contribution is 7.92.